The molecule has 1 saturated heterocycles. The second-order valence-corrected chi connectivity index (χ2v) is 18.6. The van der Waals surface area contributed by atoms with Crippen molar-refractivity contribution in [3.8, 4) is 0 Å². The fourth-order valence-electron chi connectivity index (χ4n) is 9.57. The summed E-state index contributed by atoms with van der Waals surface area (Å²) in [6.45, 7) is 23.1. The average molecular weight is 935 g/mol. The normalized spacial score (nSPS) is 16.3. The fourth-order valence-corrected chi connectivity index (χ4v) is 9.57. The number of nitrogens with zero attached hydrogens (tertiary/aromatic N) is 2. The molecule has 3 atom stereocenters. The van der Waals surface area contributed by atoms with Crippen LogP contribution in [-0.2, 0) is 28.3 Å². The third-order valence-corrected chi connectivity index (χ3v) is 13.6. The van der Waals surface area contributed by atoms with E-state index in [9.17, 15) is 29.7 Å². The molecule has 10 nitrogen and oxygen atoms in total. The van der Waals surface area contributed by atoms with Crippen LogP contribution in [-0.4, -0.2) is 83.7 Å². The van der Waals surface area contributed by atoms with Crippen LogP contribution in [0.15, 0.2) is 121 Å². The number of carbonyl (C=O) groups excluding carboxylic acids is 3. The molecule has 0 spiro atoms. The van der Waals surface area contributed by atoms with Crippen LogP contribution in [0.25, 0.3) is 0 Å². The van der Waals surface area contributed by atoms with Crippen LogP contribution < -0.4 is 20.0 Å². The Morgan fingerprint density at radius 1 is 0.559 bits per heavy atom. The van der Waals surface area contributed by atoms with Gasteiger partial charge >= 0.3 is 6.03 Å². The van der Waals surface area contributed by atoms with Gasteiger partial charge in [-0.25, -0.2) is 4.79 Å². The van der Waals surface area contributed by atoms with Gasteiger partial charge in [0.05, 0.1) is 51.2 Å². The number of hydrogen-bond donors (Lipinski definition) is 3. The summed E-state index contributed by atoms with van der Waals surface area (Å²) in [5, 5.41) is 39.3. The highest BCUT2D eigenvalue weighted by Gasteiger charge is 2.65. The molecular formula is C58H86N4O6. The second kappa shape index (κ2) is 31.2. The highest BCUT2D eigenvalue weighted by atomic mass is 16.4. The number of amides is 2. The Labute approximate surface area is 410 Å². The van der Waals surface area contributed by atoms with Gasteiger partial charge in [0.15, 0.2) is 0 Å². The van der Waals surface area contributed by atoms with E-state index in [2.05, 4.69) is 41.5 Å². The first kappa shape index (κ1) is 57.3. The lowest BCUT2D eigenvalue weighted by molar-refractivity contribution is -0.900. The third-order valence-electron chi connectivity index (χ3n) is 13.6. The summed E-state index contributed by atoms with van der Waals surface area (Å²) in [6.07, 6.45) is 16.5. The first-order valence-corrected chi connectivity index (χ1v) is 26.0. The molecular weight excluding hydrogens is 849 g/mol. The Hall–Kier alpha value is -5.03. The number of quaternary nitrogens is 2. The zero-order chi connectivity index (χ0) is 49.8. The molecule has 0 aromatic heterocycles. The van der Waals surface area contributed by atoms with Crippen molar-refractivity contribution in [1.82, 2.24) is 9.80 Å². The van der Waals surface area contributed by atoms with E-state index in [1.165, 1.54) is 123 Å². The van der Waals surface area contributed by atoms with E-state index in [1.54, 1.807) is 121 Å². The molecule has 68 heavy (non-hydrogen) atoms. The Balaban J connectivity index is 0.000000386. The zero-order valence-corrected chi connectivity index (χ0v) is 42.7. The molecule has 1 fully saturated rings. The Morgan fingerprint density at radius 2 is 0.868 bits per heavy atom. The molecule has 4 aromatic rings. The predicted molar refractivity (Wildman–Crippen MR) is 272 cm³/mol. The number of urea groups is 1. The van der Waals surface area contributed by atoms with Crippen LogP contribution >= 0.6 is 0 Å². The number of carbonyl (C=O) groups is 3. The Morgan fingerprint density at radius 3 is 1.16 bits per heavy atom. The second-order valence-electron chi connectivity index (χ2n) is 18.6. The van der Waals surface area contributed by atoms with E-state index >= 15 is 0 Å². The van der Waals surface area contributed by atoms with Gasteiger partial charge < -0.3 is 44.5 Å². The van der Waals surface area contributed by atoms with E-state index < -0.39 is 41.1 Å². The zero-order valence-electron chi connectivity index (χ0n) is 42.7. The monoisotopic (exact) mass is 935 g/mol. The summed E-state index contributed by atoms with van der Waals surface area (Å²) in [6, 6.07) is 31.4. The van der Waals surface area contributed by atoms with Crippen LogP contribution in [0, 0.1) is 5.92 Å². The summed E-state index contributed by atoms with van der Waals surface area (Å²) in [7, 11) is 0. The lowest BCUT2D eigenvalue weighted by Gasteiger charge is -2.52. The van der Waals surface area contributed by atoms with Gasteiger partial charge in [-0.05, 0) is 60.8 Å². The quantitative estimate of drug-likeness (QED) is 0.0572. The number of aliphatic hydroxyl groups is 1. The van der Waals surface area contributed by atoms with E-state index in [4.69, 9.17) is 0 Å². The van der Waals surface area contributed by atoms with Gasteiger partial charge in [0.25, 0.3) is 0 Å². The van der Waals surface area contributed by atoms with E-state index in [0.29, 0.717) is 22.3 Å². The highest BCUT2D eigenvalue weighted by Crippen LogP contribution is 2.50. The minimum Gasteiger partial charge on any atom is -0.548 e. The first-order chi connectivity index (χ1) is 32.9. The number of carboxylic acid groups (broad SMARTS) is 2. The van der Waals surface area contributed by atoms with Crippen molar-refractivity contribution in [3.63, 3.8) is 0 Å². The molecule has 1 heterocycles. The van der Waals surface area contributed by atoms with Crippen molar-refractivity contribution < 1.29 is 39.5 Å². The molecule has 1 aliphatic rings. The standard InChI is InChI=1S/C34H32N2O6.2C12H27N/c1-24(34(42,27-18-10-4-11-19-27)28-20-12-5-13-21-28)33(31(39)40)29(30(37)38)35(22-25-14-6-2-7-15-25)32(41)36(33)23-26-16-8-3-9-17-26;2*1-4-7-10-13(11-8-5-2)12-9-6-3/h2-21,24,29,42H,22-23H2,1H3,(H,37,38)(H,39,40);2*4-12H2,1-3H3/t24-,29+,33+;;/m0../s1. The van der Waals surface area contributed by atoms with Crippen molar-refractivity contribution in [2.24, 2.45) is 5.92 Å². The van der Waals surface area contributed by atoms with Crippen molar-refractivity contribution >= 4 is 18.0 Å². The van der Waals surface area contributed by atoms with Gasteiger partial charge in [-0.3, -0.25) is 0 Å². The molecule has 0 aliphatic carbocycles. The van der Waals surface area contributed by atoms with Gasteiger partial charge in [0.1, 0.15) is 17.2 Å². The smallest absolute Gasteiger partial charge is 0.322 e. The number of rotatable bonds is 28. The molecule has 10 heteroatoms. The van der Waals surface area contributed by atoms with Gasteiger partial charge in [-0.2, -0.15) is 0 Å². The van der Waals surface area contributed by atoms with E-state index in [-0.39, 0.29) is 13.1 Å². The SMILES string of the molecule is CCCC[NH+](CCCC)CCCC.CCCC[NH+](CCCC)CCCC.C[C@H](C(O)(c1ccccc1)c1ccccc1)[C@]1(C(=O)[O-])[C@@H](C(=O)[O-])N(Cc2ccccc2)C(=O)N1Cc1ccccc1. The van der Waals surface area contributed by atoms with Gasteiger partial charge in [-0.15, -0.1) is 0 Å². The van der Waals surface area contributed by atoms with Gasteiger partial charge in [-0.1, -0.05) is 208 Å². The largest absolute Gasteiger partial charge is 0.548 e. The van der Waals surface area contributed by atoms with Crippen LogP contribution in [0.3, 0.4) is 0 Å². The Kier molecular flexibility index (Phi) is 26.3. The summed E-state index contributed by atoms with van der Waals surface area (Å²) < 4.78 is 0. The van der Waals surface area contributed by atoms with Gasteiger partial charge in [0, 0.05) is 19.0 Å². The number of hydrogen-bond acceptors (Lipinski definition) is 6. The highest BCUT2D eigenvalue weighted by molar-refractivity contribution is 5.98. The maximum atomic E-state index is 14.2. The number of aliphatic carboxylic acids is 2. The molecule has 0 saturated carbocycles. The molecule has 1 aliphatic heterocycles. The van der Waals surface area contributed by atoms with Crippen LogP contribution in [0.2, 0.25) is 0 Å². The van der Waals surface area contributed by atoms with Crippen LogP contribution in [0.5, 0.6) is 0 Å². The number of carboxylic acids is 2. The van der Waals surface area contributed by atoms with Crippen molar-refractivity contribution in [3.05, 3.63) is 144 Å². The van der Waals surface area contributed by atoms with Crippen LogP contribution in [0.4, 0.5) is 4.79 Å². The molecule has 0 bridgehead atoms. The predicted octanol–water partition coefficient (Wildman–Crippen LogP) is 6.85. The molecule has 2 amide bonds. The average Bonchev–Trinajstić information content (AvgIpc) is 3.61. The lowest BCUT2D eigenvalue weighted by Crippen LogP contribution is -3.12. The molecule has 4 aromatic carbocycles. The number of benzene rings is 4. The molecule has 0 unspecified atom stereocenters. The fraction of sp³-hybridized carbons (Fsp3) is 0.534. The molecule has 374 valence electrons. The van der Waals surface area contributed by atoms with Crippen LogP contribution in [0.1, 0.15) is 148 Å². The minimum absolute atomic E-state index is 0.194. The van der Waals surface area contributed by atoms with E-state index in [0.717, 1.165) is 9.80 Å². The topological polar surface area (TPSA) is 133 Å². The summed E-state index contributed by atoms with van der Waals surface area (Å²) in [5.41, 5.74) is -2.80. The van der Waals surface area contributed by atoms with Crippen molar-refractivity contribution in [2.75, 3.05) is 39.3 Å². The number of nitrogens with one attached hydrogen (secondary N) is 2. The summed E-state index contributed by atoms with van der Waals surface area (Å²) in [5.74, 6) is -5.03. The van der Waals surface area contributed by atoms with Crippen molar-refractivity contribution in [1.29, 1.82) is 0 Å². The molecule has 5 rings (SSSR count). The lowest BCUT2D eigenvalue weighted by atomic mass is 9.64. The summed E-state index contributed by atoms with van der Waals surface area (Å²) >= 11 is 0. The maximum Gasteiger partial charge on any atom is 0.322 e. The third kappa shape index (κ3) is 16.0. The van der Waals surface area contributed by atoms with E-state index in [1.807, 2.05) is 9.80 Å². The molecule has 0 radical (unpaired) electrons. The van der Waals surface area contributed by atoms with Crippen molar-refractivity contribution in [2.45, 2.75) is 156 Å². The minimum atomic E-state index is -2.57. The van der Waals surface area contributed by atoms with Gasteiger partial charge in [0.2, 0.25) is 0 Å². The number of unbranched alkanes of at least 4 members (excludes halogenated alkanes) is 6. The molecule has 3 N–H and O–H groups in total. The summed E-state index contributed by atoms with van der Waals surface area (Å²) in [4.78, 5) is 46.6. The Bertz CT molecular complexity index is 1870. The first-order valence-electron chi connectivity index (χ1n) is 26.0. The maximum absolute atomic E-state index is 14.2.